The predicted octanol–water partition coefficient (Wildman–Crippen LogP) is 2.42. The molecule has 19 heavy (non-hydrogen) atoms. The Labute approximate surface area is 112 Å². The molecule has 0 aromatic heterocycles. The molecule has 2 bridgehead atoms. The number of ether oxygens (including phenoxy) is 2. The zero-order valence-corrected chi connectivity index (χ0v) is 11.1. The first kappa shape index (κ1) is 12.5. The number of hydrogen-bond acceptors (Lipinski definition) is 4. The summed E-state index contributed by atoms with van der Waals surface area (Å²) in [4.78, 5) is 25.4. The molecule has 1 amide bonds. The molecule has 3 rings (SSSR count). The van der Waals surface area contributed by atoms with Gasteiger partial charge in [0.25, 0.3) is 0 Å². The zero-order chi connectivity index (χ0) is 13.5. The molecule has 1 spiro atoms. The largest absolute Gasteiger partial charge is 0.452 e. The van der Waals surface area contributed by atoms with Crippen molar-refractivity contribution in [2.45, 2.75) is 44.8 Å². The highest BCUT2D eigenvalue weighted by molar-refractivity contribution is 5.80. The summed E-state index contributed by atoms with van der Waals surface area (Å²) in [6, 6.07) is 0. The van der Waals surface area contributed by atoms with Gasteiger partial charge in [0.1, 0.15) is 0 Å². The number of esters is 1. The molecule has 2 fully saturated rings. The second-order valence-corrected chi connectivity index (χ2v) is 5.64. The van der Waals surface area contributed by atoms with Crippen LogP contribution in [0.1, 0.15) is 38.5 Å². The topological polar surface area (TPSA) is 55.8 Å². The lowest BCUT2D eigenvalue weighted by Gasteiger charge is -2.49. The number of fused-ring (bicyclic) bond motifs is 3. The van der Waals surface area contributed by atoms with E-state index in [-0.39, 0.29) is 17.3 Å². The summed E-state index contributed by atoms with van der Waals surface area (Å²) in [5.74, 6) is 0.0617. The van der Waals surface area contributed by atoms with Crippen molar-refractivity contribution < 1.29 is 19.1 Å². The van der Waals surface area contributed by atoms with E-state index in [9.17, 15) is 9.59 Å². The maximum Gasteiger partial charge on any atom is 0.416 e. The van der Waals surface area contributed by atoms with Crippen molar-refractivity contribution in [1.29, 1.82) is 0 Å². The Kier molecular flexibility index (Phi) is 2.99. The minimum absolute atomic E-state index is 0.133. The van der Waals surface area contributed by atoms with Gasteiger partial charge in [-0.2, -0.15) is 0 Å². The lowest BCUT2D eigenvalue weighted by Crippen LogP contribution is -2.55. The second kappa shape index (κ2) is 4.54. The first-order valence-corrected chi connectivity index (χ1v) is 6.93. The fraction of sp³-hybridized carbons (Fsp3) is 0.714. The maximum atomic E-state index is 12.4. The lowest BCUT2D eigenvalue weighted by atomic mass is 9.63. The second-order valence-electron chi connectivity index (χ2n) is 5.64. The molecule has 0 aromatic rings. The van der Waals surface area contributed by atoms with Crippen molar-refractivity contribution in [2.24, 2.45) is 11.3 Å². The van der Waals surface area contributed by atoms with E-state index in [0.717, 1.165) is 25.7 Å². The first-order chi connectivity index (χ1) is 9.17. The molecule has 2 aliphatic heterocycles. The van der Waals surface area contributed by atoms with E-state index >= 15 is 0 Å². The Morgan fingerprint density at radius 2 is 2.16 bits per heavy atom. The van der Waals surface area contributed by atoms with Crippen LogP contribution in [-0.2, 0) is 14.3 Å². The van der Waals surface area contributed by atoms with Gasteiger partial charge in [-0.05, 0) is 12.8 Å². The number of amides is 1. The third-order valence-corrected chi connectivity index (χ3v) is 4.74. The standard InChI is InChI=1S/C14H19NO4/c1-18-13(17)15-8-5-10-9-11(15)19-12(16)14(10)6-3-2-4-7-14/h5,8,10-11H,2-4,6-7,9H2,1H3/t10-,11-/m0/s1. The Hall–Kier alpha value is -1.52. The minimum Gasteiger partial charge on any atom is -0.452 e. The number of nitrogens with zero attached hydrogens (tertiary/aromatic N) is 1. The molecular weight excluding hydrogens is 246 g/mol. The average molecular weight is 265 g/mol. The van der Waals surface area contributed by atoms with E-state index in [4.69, 9.17) is 9.47 Å². The van der Waals surface area contributed by atoms with Crippen LogP contribution in [0.25, 0.3) is 0 Å². The molecule has 5 nitrogen and oxygen atoms in total. The summed E-state index contributed by atoms with van der Waals surface area (Å²) in [6.45, 7) is 0. The molecule has 0 N–H and O–H groups in total. The summed E-state index contributed by atoms with van der Waals surface area (Å²) in [5.41, 5.74) is -0.340. The van der Waals surface area contributed by atoms with Crippen LogP contribution in [0.2, 0.25) is 0 Å². The maximum absolute atomic E-state index is 12.4. The molecule has 1 aliphatic carbocycles. The third-order valence-electron chi connectivity index (χ3n) is 4.74. The van der Waals surface area contributed by atoms with Crippen LogP contribution < -0.4 is 0 Å². The molecule has 104 valence electrons. The van der Waals surface area contributed by atoms with Gasteiger partial charge in [-0.15, -0.1) is 0 Å². The first-order valence-electron chi connectivity index (χ1n) is 6.93. The Morgan fingerprint density at radius 1 is 1.42 bits per heavy atom. The summed E-state index contributed by atoms with van der Waals surface area (Å²) in [6.07, 6.45) is 8.61. The smallest absolute Gasteiger partial charge is 0.416 e. The molecule has 0 unspecified atom stereocenters. The van der Waals surface area contributed by atoms with Crippen LogP contribution in [0.15, 0.2) is 12.3 Å². The lowest BCUT2D eigenvalue weighted by molar-refractivity contribution is -0.190. The Bertz CT molecular complexity index is 425. The zero-order valence-electron chi connectivity index (χ0n) is 11.1. The highest BCUT2D eigenvalue weighted by Crippen LogP contribution is 2.50. The number of carbonyl (C=O) groups excluding carboxylic acids is 2. The van der Waals surface area contributed by atoms with Crippen molar-refractivity contribution in [3.05, 3.63) is 12.3 Å². The molecule has 2 atom stereocenters. The third kappa shape index (κ3) is 1.83. The van der Waals surface area contributed by atoms with E-state index < -0.39 is 12.3 Å². The minimum atomic E-state index is -0.498. The van der Waals surface area contributed by atoms with Gasteiger partial charge in [-0.25, -0.2) is 9.69 Å². The molecule has 2 heterocycles. The van der Waals surface area contributed by atoms with Crippen molar-refractivity contribution in [3.63, 3.8) is 0 Å². The number of carbonyl (C=O) groups is 2. The molecule has 0 radical (unpaired) electrons. The molecular formula is C14H19NO4. The molecule has 3 aliphatic rings. The quantitative estimate of drug-likeness (QED) is 0.631. The van der Waals surface area contributed by atoms with E-state index in [1.54, 1.807) is 6.20 Å². The van der Waals surface area contributed by atoms with Crippen LogP contribution in [0.5, 0.6) is 0 Å². The summed E-state index contributed by atoms with van der Waals surface area (Å²) >= 11 is 0. The molecule has 1 saturated heterocycles. The van der Waals surface area contributed by atoms with Gasteiger partial charge in [0.2, 0.25) is 0 Å². The van der Waals surface area contributed by atoms with Crippen molar-refractivity contribution in [1.82, 2.24) is 4.90 Å². The predicted molar refractivity (Wildman–Crippen MR) is 66.9 cm³/mol. The van der Waals surface area contributed by atoms with E-state index in [0.29, 0.717) is 6.42 Å². The van der Waals surface area contributed by atoms with Crippen LogP contribution >= 0.6 is 0 Å². The normalized spacial score (nSPS) is 32.1. The van der Waals surface area contributed by atoms with Crippen LogP contribution in [0.4, 0.5) is 4.79 Å². The van der Waals surface area contributed by atoms with Crippen molar-refractivity contribution in [3.8, 4) is 0 Å². The van der Waals surface area contributed by atoms with Gasteiger partial charge in [0.05, 0.1) is 12.5 Å². The van der Waals surface area contributed by atoms with Gasteiger partial charge >= 0.3 is 12.1 Å². The summed E-state index contributed by atoms with van der Waals surface area (Å²) < 4.78 is 10.2. The number of hydrogen-bond donors (Lipinski definition) is 0. The fourth-order valence-electron chi connectivity index (χ4n) is 3.65. The Balaban J connectivity index is 1.88. The van der Waals surface area contributed by atoms with Crippen LogP contribution in [0, 0.1) is 11.3 Å². The van der Waals surface area contributed by atoms with E-state index in [1.807, 2.05) is 6.08 Å². The van der Waals surface area contributed by atoms with Gasteiger partial charge in [-0.1, -0.05) is 25.3 Å². The average Bonchev–Trinajstić information content (AvgIpc) is 2.46. The van der Waals surface area contributed by atoms with E-state index in [2.05, 4.69) is 0 Å². The molecule has 0 aromatic carbocycles. The number of methoxy groups -OCH3 is 1. The van der Waals surface area contributed by atoms with Gasteiger partial charge < -0.3 is 9.47 Å². The molecule has 5 heteroatoms. The Morgan fingerprint density at radius 3 is 2.84 bits per heavy atom. The summed E-state index contributed by atoms with van der Waals surface area (Å²) in [5, 5.41) is 0. The summed E-state index contributed by atoms with van der Waals surface area (Å²) in [7, 11) is 1.33. The SMILES string of the molecule is COC(=O)N1C=C[C@H]2C[C@@H]1OC(=O)C21CCCCC1. The van der Waals surface area contributed by atoms with Crippen molar-refractivity contribution >= 4 is 12.1 Å². The highest BCUT2D eigenvalue weighted by Gasteiger charge is 2.54. The fourth-order valence-corrected chi connectivity index (χ4v) is 3.65. The number of allylic oxidation sites excluding steroid dienone is 1. The van der Waals surface area contributed by atoms with Gasteiger partial charge in [-0.3, -0.25) is 4.79 Å². The van der Waals surface area contributed by atoms with Gasteiger partial charge in [0.15, 0.2) is 6.23 Å². The van der Waals surface area contributed by atoms with E-state index in [1.165, 1.54) is 18.4 Å². The van der Waals surface area contributed by atoms with Crippen LogP contribution in [-0.4, -0.2) is 30.3 Å². The number of rotatable bonds is 0. The van der Waals surface area contributed by atoms with Crippen molar-refractivity contribution in [2.75, 3.05) is 7.11 Å². The van der Waals surface area contributed by atoms with Gasteiger partial charge in [0, 0.05) is 18.5 Å². The highest BCUT2D eigenvalue weighted by atomic mass is 16.6. The monoisotopic (exact) mass is 265 g/mol. The van der Waals surface area contributed by atoms with Crippen LogP contribution in [0.3, 0.4) is 0 Å². The molecule has 1 saturated carbocycles.